The van der Waals surface area contributed by atoms with E-state index in [1.54, 1.807) is 0 Å². The fraction of sp³-hybridized carbons (Fsp3) is 0.875. The SMILES string of the molecule is CCN(CCC=O)C(C)C. The van der Waals surface area contributed by atoms with Gasteiger partial charge in [-0.1, -0.05) is 6.92 Å². The van der Waals surface area contributed by atoms with Gasteiger partial charge in [-0.2, -0.15) is 0 Å². The summed E-state index contributed by atoms with van der Waals surface area (Å²) in [6.45, 7) is 8.34. The fourth-order valence-electron chi connectivity index (χ4n) is 1.000. The molecule has 2 heteroatoms. The second-order valence-electron chi connectivity index (χ2n) is 2.68. The molecule has 0 spiro atoms. The first-order valence-electron chi connectivity index (χ1n) is 3.90. The summed E-state index contributed by atoms with van der Waals surface area (Å²) < 4.78 is 0. The van der Waals surface area contributed by atoms with Crippen LogP contribution in [0.3, 0.4) is 0 Å². The van der Waals surface area contributed by atoms with E-state index in [0.717, 1.165) is 19.4 Å². The molecule has 0 saturated heterocycles. The van der Waals surface area contributed by atoms with Crippen LogP contribution in [0.2, 0.25) is 0 Å². The Morgan fingerprint density at radius 2 is 2.10 bits per heavy atom. The Morgan fingerprint density at radius 3 is 2.40 bits per heavy atom. The quantitative estimate of drug-likeness (QED) is 0.541. The molecular formula is C8H17NO. The van der Waals surface area contributed by atoms with Gasteiger partial charge in [0.1, 0.15) is 6.29 Å². The summed E-state index contributed by atoms with van der Waals surface area (Å²) in [6.07, 6.45) is 1.64. The Kier molecular flexibility index (Phi) is 5.22. The second kappa shape index (κ2) is 5.42. The molecule has 2 nitrogen and oxygen atoms in total. The van der Waals surface area contributed by atoms with Crippen LogP contribution < -0.4 is 0 Å². The van der Waals surface area contributed by atoms with Gasteiger partial charge in [0.15, 0.2) is 0 Å². The molecule has 0 fully saturated rings. The van der Waals surface area contributed by atoms with Crippen LogP contribution in [0.1, 0.15) is 27.2 Å². The normalized spacial score (nSPS) is 10.9. The first-order chi connectivity index (χ1) is 4.72. The summed E-state index contributed by atoms with van der Waals surface area (Å²) in [6, 6.07) is 0.560. The van der Waals surface area contributed by atoms with Gasteiger partial charge in [0.05, 0.1) is 0 Å². The molecule has 0 bridgehead atoms. The van der Waals surface area contributed by atoms with E-state index in [9.17, 15) is 4.79 Å². The van der Waals surface area contributed by atoms with Gasteiger partial charge in [-0.3, -0.25) is 0 Å². The van der Waals surface area contributed by atoms with Gasteiger partial charge in [0.25, 0.3) is 0 Å². The van der Waals surface area contributed by atoms with E-state index in [1.807, 2.05) is 0 Å². The van der Waals surface area contributed by atoms with E-state index in [0.29, 0.717) is 12.5 Å². The second-order valence-corrected chi connectivity index (χ2v) is 2.68. The lowest BCUT2D eigenvalue weighted by molar-refractivity contribution is -0.108. The number of aldehydes is 1. The lowest BCUT2D eigenvalue weighted by atomic mass is 10.3. The number of carbonyl (C=O) groups excluding carboxylic acids is 1. The predicted molar refractivity (Wildman–Crippen MR) is 43.1 cm³/mol. The third-order valence-corrected chi connectivity index (χ3v) is 1.67. The molecule has 0 heterocycles. The maximum absolute atomic E-state index is 10.0. The predicted octanol–water partition coefficient (Wildman–Crippen LogP) is 1.31. The van der Waals surface area contributed by atoms with Crippen LogP contribution in [0.25, 0.3) is 0 Å². The van der Waals surface area contributed by atoms with E-state index in [-0.39, 0.29) is 0 Å². The molecule has 0 radical (unpaired) electrons. The van der Waals surface area contributed by atoms with Gasteiger partial charge in [-0.05, 0) is 20.4 Å². The van der Waals surface area contributed by atoms with Crippen molar-refractivity contribution in [3.63, 3.8) is 0 Å². The van der Waals surface area contributed by atoms with Crippen LogP contribution in [-0.2, 0) is 4.79 Å². The number of carbonyl (C=O) groups is 1. The maximum atomic E-state index is 10.0. The molecule has 0 aromatic rings. The highest BCUT2D eigenvalue weighted by atomic mass is 16.1. The molecule has 60 valence electrons. The van der Waals surface area contributed by atoms with Crippen molar-refractivity contribution < 1.29 is 4.79 Å². The Labute approximate surface area is 63.2 Å². The molecule has 0 aliphatic rings. The Morgan fingerprint density at radius 1 is 1.50 bits per heavy atom. The number of hydrogen-bond acceptors (Lipinski definition) is 2. The molecular weight excluding hydrogens is 126 g/mol. The summed E-state index contributed by atoms with van der Waals surface area (Å²) >= 11 is 0. The Hall–Kier alpha value is -0.370. The van der Waals surface area contributed by atoms with Crippen molar-refractivity contribution >= 4 is 6.29 Å². The first kappa shape index (κ1) is 9.63. The molecule has 0 rings (SSSR count). The molecule has 0 aliphatic heterocycles. The van der Waals surface area contributed by atoms with Crippen molar-refractivity contribution in [3.05, 3.63) is 0 Å². The highest BCUT2D eigenvalue weighted by Crippen LogP contribution is 1.96. The maximum Gasteiger partial charge on any atom is 0.121 e. The largest absolute Gasteiger partial charge is 0.303 e. The highest BCUT2D eigenvalue weighted by molar-refractivity contribution is 5.49. The van der Waals surface area contributed by atoms with Crippen LogP contribution in [-0.4, -0.2) is 30.3 Å². The van der Waals surface area contributed by atoms with Crippen molar-refractivity contribution in [1.82, 2.24) is 4.90 Å². The third kappa shape index (κ3) is 3.62. The molecule has 0 aliphatic carbocycles. The topological polar surface area (TPSA) is 20.3 Å². The standard InChI is InChI=1S/C8H17NO/c1-4-9(8(2)3)6-5-7-10/h7-8H,4-6H2,1-3H3. The van der Waals surface area contributed by atoms with Gasteiger partial charge >= 0.3 is 0 Å². The average molecular weight is 143 g/mol. The average Bonchev–Trinajstić information content (AvgIpc) is 1.89. The minimum absolute atomic E-state index is 0.560. The summed E-state index contributed by atoms with van der Waals surface area (Å²) in [5, 5.41) is 0. The smallest absolute Gasteiger partial charge is 0.121 e. The third-order valence-electron chi connectivity index (χ3n) is 1.67. The van der Waals surface area contributed by atoms with E-state index in [2.05, 4.69) is 25.7 Å². The van der Waals surface area contributed by atoms with Gasteiger partial charge < -0.3 is 9.69 Å². The summed E-state index contributed by atoms with van der Waals surface area (Å²) in [7, 11) is 0. The van der Waals surface area contributed by atoms with Crippen LogP contribution in [0, 0.1) is 0 Å². The molecule has 0 aromatic carbocycles. The van der Waals surface area contributed by atoms with Gasteiger partial charge in [-0.15, -0.1) is 0 Å². The monoisotopic (exact) mass is 143 g/mol. The fourth-order valence-corrected chi connectivity index (χ4v) is 1.000. The number of rotatable bonds is 5. The molecule has 0 unspecified atom stereocenters. The van der Waals surface area contributed by atoms with Crippen molar-refractivity contribution in [1.29, 1.82) is 0 Å². The number of nitrogens with zero attached hydrogens (tertiary/aromatic N) is 1. The summed E-state index contributed by atoms with van der Waals surface area (Å²) in [5.74, 6) is 0. The molecule has 0 amide bonds. The zero-order valence-electron chi connectivity index (χ0n) is 7.13. The minimum atomic E-state index is 0.560. The lowest BCUT2D eigenvalue weighted by Gasteiger charge is -2.23. The van der Waals surface area contributed by atoms with Crippen molar-refractivity contribution in [2.24, 2.45) is 0 Å². The molecule has 0 saturated carbocycles. The number of hydrogen-bond donors (Lipinski definition) is 0. The summed E-state index contributed by atoms with van der Waals surface area (Å²) in [5.41, 5.74) is 0. The van der Waals surface area contributed by atoms with Gasteiger partial charge in [0, 0.05) is 19.0 Å². The zero-order valence-corrected chi connectivity index (χ0v) is 7.13. The molecule has 10 heavy (non-hydrogen) atoms. The van der Waals surface area contributed by atoms with Crippen molar-refractivity contribution in [2.45, 2.75) is 33.2 Å². The van der Waals surface area contributed by atoms with E-state index < -0.39 is 0 Å². The van der Waals surface area contributed by atoms with Crippen molar-refractivity contribution in [2.75, 3.05) is 13.1 Å². The van der Waals surface area contributed by atoms with E-state index in [4.69, 9.17) is 0 Å². The van der Waals surface area contributed by atoms with Crippen LogP contribution in [0.5, 0.6) is 0 Å². The summed E-state index contributed by atoms with van der Waals surface area (Å²) in [4.78, 5) is 12.3. The van der Waals surface area contributed by atoms with Crippen LogP contribution >= 0.6 is 0 Å². The van der Waals surface area contributed by atoms with Gasteiger partial charge in [0.2, 0.25) is 0 Å². The zero-order chi connectivity index (χ0) is 7.98. The van der Waals surface area contributed by atoms with Crippen molar-refractivity contribution in [3.8, 4) is 0 Å². The first-order valence-corrected chi connectivity index (χ1v) is 3.90. The van der Waals surface area contributed by atoms with Gasteiger partial charge in [-0.25, -0.2) is 0 Å². The van der Waals surface area contributed by atoms with Crippen LogP contribution in [0.15, 0.2) is 0 Å². The van der Waals surface area contributed by atoms with E-state index in [1.165, 1.54) is 0 Å². The minimum Gasteiger partial charge on any atom is -0.303 e. The van der Waals surface area contributed by atoms with Crippen LogP contribution in [0.4, 0.5) is 0 Å². The highest BCUT2D eigenvalue weighted by Gasteiger charge is 2.04. The lowest BCUT2D eigenvalue weighted by Crippen LogP contribution is -2.31. The van der Waals surface area contributed by atoms with E-state index >= 15 is 0 Å². The molecule has 0 atom stereocenters. The Bertz CT molecular complexity index is 91.3. The molecule has 0 aromatic heterocycles. The Balaban J connectivity index is 3.49. The molecule has 0 N–H and O–H groups in total.